The van der Waals surface area contributed by atoms with Gasteiger partial charge in [0.1, 0.15) is 12.4 Å². The summed E-state index contributed by atoms with van der Waals surface area (Å²) in [5.41, 5.74) is 1.17. The number of aromatic nitrogens is 2. The van der Waals surface area contributed by atoms with E-state index in [0.717, 1.165) is 29.3 Å². The van der Waals surface area contributed by atoms with E-state index in [-0.39, 0.29) is 29.8 Å². The first-order valence-electron chi connectivity index (χ1n) is 10.6. The Balaban J connectivity index is 1.28. The largest absolute Gasteiger partial charge is 0.352 e. The predicted molar refractivity (Wildman–Crippen MR) is 102 cm³/mol. The van der Waals surface area contributed by atoms with Crippen molar-refractivity contribution in [1.29, 1.82) is 0 Å². The van der Waals surface area contributed by atoms with Gasteiger partial charge in [-0.15, -0.1) is 0 Å². The summed E-state index contributed by atoms with van der Waals surface area (Å²) in [4.78, 5) is 26.9. The molecule has 4 aliphatic carbocycles. The summed E-state index contributed by atoms with van der Waals surface area (Å²) in [5, 5.41) is 7.70. The Labute approximate surface area is 160 Å². The third-order valence-corrected chi connectivity index (χ3v) is 7.68. The van der Waals surface area contributed by atoms with Gasteiger partial charge in [0.2, 0.25) is 11.8 Å². The number of fused-ring (bicyclic) bond motifs is 1. The Morgan fingerprint density at radius 1 is 1.26 bits per heavy atom. The van der Waals surface area contributed by atoms with Crippen LogP contribution in [-0.4, -0.2) is 34.2 Å². The zero-order valence-electron chi connectivity index (χ0n) is 16.4. The Bertz CT molecular complexity index is 748. The third kappa shape index (κ3) is 2.88. The normalized spacial score (nSPS) is 35.3. The van der Waals surface area contributed by atoms with Crippen LogP contribution in [0.5, 0.6) is 0 Å². The average molecular weight is 370 g/mol. The second-order valence-corrected chi connectivity index (χ2v) is 9.67. The van der Waals surface area contributed by atoms with Crippen LogP contribution < -0.4 is 10.2 Å². The molecule has 27 heavy (non-hydrogen) atoms. The number of amides is 2. The van der Waals surface area contributed by atoms with Gasteiger partial charge in [-0.2, -0.15) is 5.10 Å². The lowest BCUT2D eigenvalue weighted by molar-refractivity contribution is -0.127. The van der Waals surface area contributed by atoms with Crippen molar-refractivity contribution in [3.05, 3.63) is 11.8 Å². The fourth-order valence-electron chi connectivity index (χ4n) is 6.84. The van der Waals surface area contributed by atoms with Crippen molar-refractivity contribution in [1.82, 2.24) is 15.1 Å². The number of rotatable bonds is 4. The molecule has 0 radical (unpaired) electrons. The lowest BCUT2D eigenvalue weighted by Gasteiger charge is -2.59. The number of hydrogen-bond donors (Lipinski definition) is 1. The molecule has 5 aliphatic rings. The van der Waals surface area contributed by atoms with Crippen LogP contribution in [0.2, 0.25) is 0 Å². The smallest absolute Gasteiger partial charge is 0.240 e. The molecule has 0 spiro atoms. The van der Waals surface area contributed by atoms with Gasteiger partial charge < -0.3 is 5.32 Å². The summed E-state index contributed by atoms with van der Waals surface area (Å²) >= 11 is 0. The summed E-state index contributed by atoms with van der Waals surface area (Å²) in [5.74, 6) is 3.34. The highest BCUT2D eigenvalue weighted by Gasteiger charge is 2.53. The minimum atomic E-state index is -0.0427. The summed E-state index contributed by atoms with van der Waals surface area (Å²) in [6.45, 7) is 4.81. The van der Waals surface area contributed by atoms with E-state index in [0.29, 0.717) is 13.0 Å². The maximum atomic E-state index is 12.8. The standard InChI is InChI=1S/C21H30N4O2/c1-13-5-19-24(20(27)3-4-25(19)23-13)12-18(26)22-14(2)21-9-15-6-16(10-21)8-17(7-15)11-21/h5,14-17H,3-4,6-12H2,1-2H3,(H,22,26). The minimum absolute atomic E-state index is 0.0139. The van der Waals surface area contributed by atoms with Crippen molar-refractivity contribution >= 4 is 17.6 Å². The van der Waals surface area contributed by atoms with Crippen molar-refractivity contribution in [2.45, 2.75) is 71.4 Å². The quantitative estimate of drug-likeness (QED) is 0.886. The summed E-state index contributed by atoms with van der Waals surface area (Å²) in [6.07, 6.45) is 8.45. The number of carbonyl (C=O) groups is 2. The van der Waals surface area contributed by atoms with Gasteiger partial charge in [0.05, 0.1) is 12.2 Å². The zero-order chi connectivity index (χ0) is 18.8. The van der Waals surface area contributed by atoms with Gasteiger partial charge >= 0.3 is 0 Å². The average Bonchev–Trinajstić information content (AvgIpc) is 2.97. The summed E-state index contributed by atoms with van der Waals surface area (Å²) in [6, 6.07) is 2.08. The maximum Gasteiger partial charge on any atom is 0.240 e. The molecule has 4 saturated carbocycles. The maximum absolute atomic E-state index is 12.8. The van der Waals surface area contributed by atoms with Gasteiger partial charge in [0, 0.05) is 18.5 Å². The monoisotopic (exact) mass is 370 g/mol. The first kappa shape index (κ1) is 17.3. The summed E-state index contributed by atoms with van der Waals surface area (Å²) < 4.78 is 1.84. The number of anilines is 1. The number of carbonyl (C=O) groups excluding carboxylic acids is 2. The van der Waals surface area contributed by atoms with Crippen molar-refractivity contribution in [3.8, 4) is 0 Å². The van der Waals surface area contributed by atoms with Crippen molar-refractivity contribution in [2.24, 2.45) is 23.2 Å². The topological polar surface area (TPSA) is 67.2 Å². The third-order valence-electron chi connectivity index (χ3n) is 7.68. The van der Waals surface area contributed by atoms with Crippen LogP contribution in [0.4, 0.5) is 5.82 Å². The number of hydrogen-bond acceptors (Lipinski definition) is 3. The Morgan fingerprint density at radius 2 is 1.89 bits per heavy atom. The fraction of sp³-hybridized carbons (Fsp3) is 0.762. The van der Waals surface area contributed by atoms with Gasteiger partial charge in [-0.05, 0) is 75.5 Å². The molecule has 1 aliphatic heterocycles. The minimum Gasteiger partial charge on any atom is -0.352 e. The SMILES string of the molecule is Cc1cc2n(n1)CCC(=O)N2CC(=O)NC(C)C12CC3CC(CC(C3)C1)C2. The highest BCUT2D eigenvalue weighted by molar-refractivity contribution is 5.99. The van der Waals surface area contributed by atoms with Crippen LogP contribution in [-0.2, 0) is 16.1 Å². The van der Waals surface area contributed by atoms with E-state index >= 15 is 0 Å². The molecular weight excluding hydrogens is 340 g/mol. The van der Waals surface area contributed by atoms with Crippen molar-refractivity contribution in [2.75, 3.05) is 11.4 Å². The lowest BCUT2D eigenvalue weighted by atomic mass is 9.48. The number of nitrogens with one attached hydrogen (secondary N) is 1. The first-order chi connectivity index (χ1) is 12.9. The van der Waals surface area contributed by atoms with Crippen LogP contribution in [0.1, 0.15) is 57.6 Å². The molecule has 2 amide bonds. The molecule has 146 valence electrons. The Hall–Kier alpha value is -1.85. The van der Waals surface area contributed by atoms with Crippen LogP contribution in [0, 0.1) is 30.1 Å². The molecule has 4 bridgehead atoms. The van der Waals surface area contributed by atoms with Crippen molar-refractivity contribution < 1.29 is 9.59 Å². The fourth-order valence-corrected chi connectivity index (χ4v) is 6.84. The van der Waals surface area contributed by atoms with Gasteiger partial charge in [0.25, 0.3) is 0 Å². The molecule has 1 N–H and O–H groups in total. The van der Waals surface area contributed by atoms with Gasteiger partial charge in [-0.1, -0.05) is 0 Å². The molecule has 2 heterocycles. The van der Waals surface area contributed by atoms with E-state index in [2.05, 4.69) is 17.3 Å². The molecule has 1 aromatic rings. The van der Waals surface area contributed by atoms with E-state index in [1.165, 1.54) is 38.5 Å². The molecule has 0 aromatic carbocycles. The molecule has 4 fully saturated rings. The van der Waals surface area contributed by atoms with Crippen LogP contribution in [0.3, 0.4) is 0 Å². The molecule has 1 aromatic heterocycles. The van der Waals surface area contributed by atoms with Crippen molar-refractivity contribution in [3.63, 3.8) is 0 Å². The van der Waals surface area contributed by atoms with E-state index in [1.807, 2.05) is 17.7 Å². The second-order valence-electron chi connectivity index (χ2n) is 9.67. The van der Waals surface area contributed by atoms with E-state index in [9.17, 15) is 9.59 Å². The van der Waals surface area contributed by atoms with Gasteiger partial charge in [0.15, 0.2) is 0 Å². The first-order valence-corrected chi connectivity index (χ1v) is 10.6. The van der Waals surface area contributed by atoms with E-state index in [4.69, 9.17) is 0 Å². The number of aryl methyl sites for hydroxylation is 2. The molecular formula is C21H30N4O2. The molecule has 6 nitrogen and oxygen atoms in total. The van der Waals surface area contributed by atoms with Crippen LogP contribution in [0.25, 0.3) is 0 Å². The zero-order valence-corrected chi connectivity index (χ0v) is 16.4. The number of nitrogens with zero attached hydrogens (tertiary/aromatic N) is 3. The van der Waals surface area contributed by atoms with Gasteiger partial charge in [-0.3, -0.25) is 14.5 Å². The van der Waals surface area contributed by atoms with Crippen LogP contribution >= 0.6 is 0 Å². The Morgan fingerprint density at radius 3 is 2.52 bits per heavy atom. The summed E-state index contributed by atoms with van der Waals surface area (Å²) in [7, 11) is 0. The molecule has 6 heteroatoms. The second kappa shape index (κ2) is 6.08. The molecule has 0 saturated heterocycles. The highest BCUT2D eigenvalue weighted by Crippen LogP contribution is 2.61. The Kier molecular flexibility index (Phi) is 3.89. The predicted octanol–water partition coefficient (Wildman–Crippen LogP) is 2.65. The molecule has 1 unspecified atom stereocenters. The van der Waals surface area contributed by atoms with Gasteiger partial charge in [-0.25, -0.2) is 4.68 Å². The van der Waals surface area contributed by atoms with Crippen LogP contribution in [0.15, 0.2) is 6.07 Å². The lowest BCUT2D eigenvalue weighted by Crippen LogP contribution is -2.57. The van der Waals surface area contributed by atoms with E-state index < -0.39 is 0 Å². The highest BCUT2D eigenvalue weighted by atomic mass is 16.2. The molecule has 1 atom stereocenters. The van der Waals surface area contributed by atoms with E-state index in [1.54, 1.807) is 4.90 Å². The molecule has 6 rings (SSSR count).